The second-order valence-corrected chi connectivity index (χ2v) is 6.07. The molecule has 0 bridgehead atoms. The van der Waals surface area contributed by atoms with Crippen LogP contribution >= 0.6 is 11.8 Å². The molecule has 23 heavy (non-hydrogen) atoms. The summed E-state index contributed by atoms with van der Waals surface area (Å²) < 4.78 is 28.6. The molecule has 7 heteroatoms. The maximum absolute atomic E-state index is 13.6. The van der Waals surface area contributed by atoms with E-state index in [1.807, 2.05) is 19.9 Å². The van der Waals surface area contributed by atoms with Crippen molar-refractivity contribution < 1.29 is 8.78 Å². The van der Waals surface area contributed by atoms with E-state index < -0.39 is 11.6 Å². The highest BCUT2D eigenvalue weighted by molar-refractivity contribution is 7.98. The highest BCUT2D eigenvalue weighted by Crippen LogP contribution is 2.24. The quantitative estimate of drug-likeness (QED) is 0.538. The van der Waals surface area contributed by atoms with Crippen molar-refractivity contribution in [2.24, 2.45) is 0 Å². The Hall–Kier alpha value is -2.28. The van der Waals surface area contributed by atoms with Gasteiger partial charge in [0.25, 0.3) is 0 Å². The van der Waals surface area contributed by atoms with Gasteiger partial charge in [-0.25, -0.2) is 23.4 Å². The van der Waals surface area contributed by atoms with E-state index in [1.54, 1.807) is 10.7 Å². The molecule has 0 radical (unpaired) electrons. The molecule has 118 valence electrons. The van der Waals surface area contributed by atoms with Crippen LogP contribution in [-0.4, -0.2) is 19.7 Å². The topological polar surface area (TPSA) is 43.6 Å². The van der Waals surface area contributed by atoms with Gasteiger partial charge in [-0.3, -0.25) is 0 Å². The summed E-state index contributed by atoms with van der Waals surface area (Å²) in [6.07, 6.45) is 1.44. The fourth-order valence-electron chi connectivity index (χ4n) is 2.19. The predicted octanol–water partition coefficient (Wildman–Crippen LogP) is 3.85. The van der Waals surface area contributed by atoms with Crippen molar-refractivity contribution in [2.45, 2.75) is 24.6 Å². The number of aryl methyl sites for hydroxylation is 2. The third-order valence-electron chi connectivity index (χ3n) is 3.24. The Balaban J connectivity index is 1.80. The van der Waals surface area contributed by atoms with Crippen LogP contribution in [0.15, 0.2) is 41.7 Å². The van der Waals surface area contributed by atoms with E-state index in [-0.39, 0.29) is 5.75 Å². The first-order valence-electron chi connectivity index (χ1n) is 6.95. The Labute approximate surface area is 136 Å². The summed E-state index contributed by atoms with van der Waals surface area (Å²) in [6, 6.07) is 7.17. The van der Waals surface area contributed by atoms with Gasteiger partial charge in [-0.05, 0) is 38.1 Å². The molecule has 0 unspecified atom stereocenters. The van der Waals surface area contributed by atoms with Crippen LogP contribution in [0.2, 0.25) is 0 Å². The molecule has 0 aliphatic carbocycles. The minimum atomic E-state index is -0.451. The first-order valence-corrected chi connectivity index (χ1v) is 7.94. The third-order valence-corrected chi connectivity index (χ3v) is 4.21. The maximum atomic E-state index is 13.6. The maximum Gasteiger partial charge on any atom is 0.158 e. The minimum Gasteiger partial charge on any atom is -0.230 e. The van der Waals surface area contributed by atoms with E-state index in [4.69, 9.17) is 0 Å². The van der Waals surface area contributed by atoms with Crippen LogP contribution in [0, 0.1) is 25.5 Å². The van der Waals surface area contributed by atoms with E-state index >= 15 is 0 Å². The van der Waals surface area contributed by atoms with Gasteiger partial charge in [0.2, 0.25) is 0 Å². The summed E-state index contributed by atoms with van der Waals surface area (Å²) in [6.45, 7) is 3.85. The molecule has 0 aliphatic heterocycles. The molecule has 1 aromatic carbocycles. The van der Waals surface area contributed by atoms with Crippen LogP contribution in [0.1, 0.15) is 17.0 Å². The summed E-state index contributed by atoms with van der Waals surface area (Å²) in [4.78, 5) is 8.38. The molecule has 3 rings (SSSR count). The lowest BCUT2D eigenvalue weighted by atomic mass is 10.2. The highest BCUT2D eigenvalue weighted by atomic mass is 32.2. The standard InChI is InChI=1S/C16H14F2N4S/c1-10-5-11(2)22(21-10)15-7-16(20-9-19-15)23-8-12-6-13(17)3-4-14(12)18/h3-7,9H,8H2,1-2H3. The minimum absolute atomic E-state index is 0.289. The largest absolute Gasteiger partial charge is 0.230 e. The monoisotopic (exact) mass is 332 g/mol. The number of aromatic nitrogens is 4. The molecule has 3 aromatic rings. The van der Waals surface area contributed by atoms with E-state index in [0.717, 1.165) is 23.5 Å². The molecule has 0 saturated heterocycles. The Morgan fingerprint density at radius 3 is 2.65 bits per heavy atom. The molecule has 0 atom stereocenters. The summed E-state index contributed by atoms with van der Waals surface area (Å²) in [7, 11) is 0. The zero-order valence-corrected chi connectivity index (χ0v) is 13.4. The van der Waals surface area contributed by atoms with Crippen LogP contribution < -0.4 is 0 Å². The second kappa shape index (κ2) is 6.45. The summed E-state index contributed by atoms with van der Waals surface area (Å²) in [5, 5.41) is 5.05. The predicted molar refractivity (Wildman–Crippen MR) is 84.5 cm³/mol. The Morgan fingerprint density at radius 1 is 1.09 bits per heavy atom. The van der Waals surface area contributed by atoms with Crippen molar-refractivity contribution >= 4 is 11.8 Å². The van der Waals surface area contributed by atoms with Gasteiger partial charge in [-0.1, -0.05) is 0 Å². The zero-order chi connectivity index (χ0) is 16.4. The van der Waals surface area contributed by atoms with Crippen molar-refractivity contribution in [1.29, 1.82) is 0 Å². The van der Waals surface area contributed by atoms with Gasteiger partial charge in [0.05, 0.1) is 5.69 Å². The number of hydrogen-bond acceptors (Lipinski definition) is 4. The number of rotatable bonds is 4. The number of benzene rings is 1. The molecule has 0 saturated carbocycles. The Kier molecular flexibility index (Phi) is 4.38. The van der Waals surface area contributed by atoms with Crippen LogP contribution in [0.4, 0.5) is 8.78 Å². The van der Waals surface area contributed by atoms with Crippen LogP contribution in [-0.2, 0) is 5.75 Å². The van der Waals surface area contributed by atoms with E-state index in [9.17, 15) is 8.78 Å². The molecule has 4 nitrogen and oxygen atoms in total. The fourth-order valence-corrected chi connectivity index (χ4v) is 3.03. The lowest BCUT2D eigenvalue weighted by molar-refractivity contribution is 0.591. The number of hydrogen-bond donors (Lipinski definition) is 0. The Bertz CT molecular complexity index is 848. The second-order valence-electron chi connectivity index (χ2n) is 5.08. The molecule has 0 fully saturated rings. The molecule has 0 amide bonds. The highest BCUT2D eigenvalue weighted by Gasteiger charge is 2.09. The molecule has 0 spiro atoms. The van der Waals surface area contributed by atoms with Gasteiger partial charge in [-0.15, -0.1) is 11.8 Å². The smallest absolute Gasteiger partial charge is 0.158 e. The van der Waals surface area contributed by atoms with Gasteiger partial charge in [0.1, 0.15) is 23.0 Å². The average molecular weight is 332 g/mol. The van der Waals surface area contributed by atoms with E-state index in [2.05, 4.69) is 15.1 Å². The van der Waals surface area contributed by atoms with Crippen molar-refractivity contribution in [3.63, 3.8) is 0 Å². The first kappa shape index (κ1) is 15.6. The lowest BCUT2D eigenvalue weighted by Crippen LogP contribution is -2.02. The SMILES string of the molecule is Cc1cc(C)n(-c2cc(SCc3cc(F)ccc3F)ncn2)n1. The first-order chi connectivity index (χ1) is 11.0. The van der Waals surface area contributed by atoms with E-state index in [0.29, 0.717) is 16.4 Å². The van der Waals surface area contributed by atoms with Crippen molar-refractivity contribution in [3.05, 3.63) is 65.2 Å². The lowest BCUT2D eigenvalue weighted by Gasteiger charge is -2.06. The molecular formula is C16H14F2N4S. The van der Waals surface area contributed by atoms with E-state index in [1.165, 1.54) is 24.2 Å². The van der Waals surface area contributed by atoms with Crippen LogP contribution in [0.25, 0.3) is 5.82 Å². The summed E-state index contributed by atoms with van der Waals surface area (Å²) >= 11 is 1.32. The number of halogens is 2. The van der Waals surface area contributed by atoms with Gasteiger partial charge in [0, 0.05) is 23.1 Å². The molecule has 0 N–H and O–H groups in total. The van der Waals surface area contributed by atoms with Crippen LogP contribution in [0.3, 0.4) is 0 Å². The number of thioether (sulfide) groups is 1. The normalized spacial score (nSPS) is 11.0. The van der Waals surface area contributed by atoms with Crippen molar-refractivity contribution in [3.8, 4) is 5.82 Å². The van der Waals surface area contributed by atoms with Gasteiger partial charge < -0.3 is 0 Å². The third kappa shape index (κ3) is 3.56. The van der Waals surface area contributed by atoms with Gasteiger partial charge in [-0.2, -0.15) is 5.10 Å². The zero-order valence-electron chi connectivity index (χ0n) is 12.6. The molecule has 2 heterocycles. The summed E-state index contributed by atoms with van der Waals surface area (Å²) in [5.74, 6) is 0.0597. The summed E-state index contributed by atoms with van der Waals surface area (Å²) in [5.41, 5.74) is 2.17. The van der Waals surface area contributed by atoms with Gasteiger partial charge >= 0.3 is 0 Å². The Morgan fingerprint density at radius 2 is 1.91 bits per heavy atom. The molecular weight excluding hydrogens is 318 g/mol. The molecule has 2 aromatic heterocycles. The van der Waals surface area contributed by atoms with Crippen molar-refractivity contribution in [1.82, 2.24) is 19.7 Å². The molecule has 0 aliphatic rings. The van der Waals surface area contributed by atoms with Crippen molar-refractivity contribution in [2.75, 3.05) is 0 Å². The fraction of sp³-hybridized carbons (Fsp3) is 0.188. The van der Waals surface area contributed by atoms with Crippen LogP contribution in [0.5, 0.6) is 0 Å². The average Bonchev–Trinajstić information content (AvgIpc) is 2.87. The van der Waals surface area contributed by atoms with Gasteiger partial charge in [0.15, 0.2) is 5.82 Å². The number of nitrogens with zero attached hydrogens (tertiary/aromatic N) is 4.